The number of nitrogens with one attached hydrogen (secondary N) is 5. The number of carbonyl (C=O) groups excluding carboxylic acids is 3. The molecule has 0 aliphatic heterocycles. The molecule has 0 saturated heterocycles. The SMILES string of the molecule is CC(=O)N[C@@H](C)C(=O)Nc1ccc(Oc2ccc3[nH]c(N)c(C#N)c3c2)cc1.C[C@H](N)C(=O)Nc1ccc(Oc2ccc3[nH]c(N)c(C#N)c3c2)cc1. The van der Waals surface area contributed by atoms with Gasteiger partial charge in [-0.05, 0) is 98.8 Å². The number of benzene rings is 4. The number of hydrogen-bond donors (Lipinski definition) is 8. The lowest BCUT2D eigenvalue weighted by Crippen LogP contribution is -2.40. The van der Waals surface area contributed by atoms with Crippen LogP contribution in [0.1, 0.15) is 31.9 Å². The first-order valence-corrected chi connectivity index (χ1v) is 16.2. The van der Waals surface area contributed by atoms with Crippen molar-refractivity contribution in [3.63, 3.8) is 0 Å². The molecule has 2 heterocycles. The van der Waals surface area contributed by atoms with E-state index >= 15 is 0 Å². The number of anilines is 4. The molecule has 0 bridgehead atoms. The molecule has 0 unspecified atom stereocenters. The van der Waals surface area contributed by atoms with Crippen molar-refractivity contribution in [1.29, 1.82) is 10.5 Å². The van der Waals surface area contributed by atoms with Crippen LogP contribution < -0.4 is 42.6 Å². The van der Waals surface area contributed by atoms with Crippen LogP contribution in [-0.2, 0) is 14.4 Å². The Balaban J connectivity index is 0.000000206. The minimum absolute atomic E-state index is 0.256. The number of H-pyrrole nitrogens is 2. The van der Waals surface area contributed by atoms with E-state index in [0.29, 0.717) is 67.9 Å². The number of rotatable bonds is 9. The number of nitrogen functional groups attached to an aromatic ring is 2. The Morgan fingerprint density at radius 2 is 1.06 bits per heavy atom. The second kappa shape index (κ2) is 16.0. The number of nitrogens with two attached hydrogens (primary N) is 3. The van der Waals surface area contributed by atoms with Crippen molar-refractivity contribution in [2.45, 2.75) is 32.9 Å². The largest absolute Gasteiger partial charge is 0.457 e. The summed E-state index contributed by atoms with van der Waals surface area (Å²) in [6.07, 6.45) is 0. The van der Waals surface area contributed by atoms with Crippen molar-refractivity contribution < 1.29 is 23.9 Å². The topological polar surface area (TPSA) is 263 Å². The lowest BCUT2D eigenvalue weighted by molar-refractivity contribution is -0.124. The summed E-state index contributed by atoms with van der Waals surface area (Å²) in [6, 6.07) is 27.3. The highest BCUT2D eigenvalue weighted by atomic mass is 16.5. The van der Waals surface area contributed by atoms with Crippen molar-refractivity contribution in [1.82, 2.24) is 15.3 Å². The molecule has 15 heteroatoms. The molecule has 15 nitrogen and oxygen atoms in total. The molecule has 0 spiro atoms. The molecule has 53 heavy (non-hydrogen) atoms. The maximum absolute atomic E-state index is 12.0. The number of amides is 3. The van der Waals surface area contributed by atoms with Crippen LogP contribution >= 0.6 is 0 Å². The Morgan fingerprint density at radius 3 is 1.43 bits per heavy atom. The highest BCUT2D eigenvalue weighted by molar-refractivity contribution is 5.97. The summed E-state index contributed by atoms with van der Waals surface area (Å²) in [5.74, 6) is 2.11. The predicted molar refractivity (Wildman–Crippen MR) is 202 cm³/mol. The summed E-state index contributed by atoms with van der Waals surface area (Å²) in [7, 11) is 0. The summed E-state index contributed by atoms with van der Waals surface area (Å²) in [5.41, 5.74) is 20.6. The molecule has 0 saturated carbocycles. The molecule has 6 rings (SSSR count). The van der Waals surface area contributed by atoms with Crippen LogP contribution in [0.25, 0.3) is 21.8 Å². The molecule has 0 aliphatic carbocycles. The Kier molecular flexibility index (Phi) is 11.1. The number of aromatic nitrogens is 2. The third-order valence-corrected chi connectivity index (χ3v) is 7.76. The smallest absolute Gasteiger partial charge is 0.246 e. The quantitative estimate of drug-likeness (QED) is 0.0922. The monoisotopic (exact) mass is 712 g/mol. The maximum Gasteiger partial charge on any atom is 0.246 e. The van der Waals surface area contributed by atoms with Gasteiger partial charge in [0.1, 0.15) is 63.9 Å². The van der Waals surface area contributed by atoms with Crippen LogP contribution in [0.4, 0.5) is 23.0 Å². The first-order chi connectivity index (χ1) is 25.3. The Morgan fingerprint density at radius 1 is 0.660 bits per heavy atom. The molecular formula is C38H36N10O5. The van der Waals surface area contributed by atoms with E-state index in [1.807, 2.05) is 0 Å². The van der Waals surface area contributed by atoms with Gasteiger partial charge >= 0.3 is 0 Å². The van der Waals surface area contributed by atoms with Crippen LogP contribution in [0.5, 0.6) is 23.0 Å². The minimum atomic E-state index is -0.636. The molecular weight excluding hydrogens is 676 g/mol. The summed E-state index contributed by atoms with van der Waals surface area (Å²) in [6.45, 7) is 4.58. The van der Waals surface area contributed by atoms with Crippen LogP contribution in [0.3, 0.4) is 0 Å². The van der Waals surface area contributed by atoms with Crippen LogP contribution in [0, 0.1) is 22.7 Å². The summed E-state index contributed by atoms with van der Waals surface area (Å²) < 4.78 is 11.6. The van der Waals surface area contributed by atoms with E-state index in [4.69, 9.17) is 26.7 Å². The lowest BCUT2D eigenvalue weighted by Gasteiger charge is -2.13. The standard InChI is InChI=1S/C20H19N5O3.C18H17N5O2/c1-11(23-12(2)26)20(27)24-13-3-5-14(6-4-13)28-15-7-8-18-16(9-15)17(10-21)19(22)25-18;1-10(20)18(24)22-11-2-4-12(5-3-11)25-13-6-7-16-14(8-13)15(9-19)17(21)23-16/h3-9,11,25H,22H2,1-2H3,(H,23,26)(H,24,27);2-8,10,23H,20-21H2,1H3,(H,22,24)/t11-;10-/m00/s1. The number of nitrogens with zero attached hydrogens (tertiary/aromatic N) is 2. The molecule has 0 fully saturated rings. The Hall–Kier alpha value is -7.49. The fraction of sp³-hybridized carbons (Fsp3) is 0.132. The highest BCUT2D eigenvalue weighted by Gasteiger charge is 2.15. The number of hydrogen-bond acceptors (Lipinski definition) is 10. The zero-order valence-electron chi connectivity index (χ0n) is 28.9. The van der Waals surface area contributed by atoms with E-state index in [9.17, 15) is 24.9 Å². The Labute approximate surface area is 303 Å². The average molecular weight is 713 g/mol. The van der Waals surface area contributed by atoms with Crippen molar-refractivity contribution in [3.05, 3.63) is 96.1 Å². The zero-order chi connectivity index (χ0) is 38.2. The molecule has 2 aromatic heterocycles. The number of aromatic amines is 2. The van der Waals surface area contributed by atoms with Gasteiger partial charge in [0.25, 0.3) is 0 Å². The minimum Gasteiger partial charge on any atom is -0.457 e. The molecule has 3 amide bonds. The van der Waals surface area contributed by atoms with Gasteiger partial charge in [-0.3, -0.25) is 14.4 Å². The van der Waals surface area contributed by atoms with Gasteiger partial charge in [-0.15, -0.1) is 0 Å². The highest BCUT2D eigenvalue weighted by Crippen LogP contribution is 2.32. The maximum atomic E-state index is 12.0. The fourth-order valence-corrected chi connectivity index (χ4v) is 5.11. The summed E-state index contributed by atoms with van der Waals surface area (Å²) in [4.78, 5) is 40.5. The molecule has 0 aliphatic rings. The van der Waals surface area contributed by atoms with E-state index < -0.39 is 12.1 Å². The van der Waals surface area contributed by atoms with Gasteiger partial charge in [0.15, 0.2) is 0 Å². The summed E-state index contributed by atoms with van der Waals surface area (Å²) in [5, 5.41) is 27.8. The molecule has 11 N–H and O–H groups in total. The second-order valence-electron chi connectivity index (χ2n) is 11.9. The van der Waals surface area contributed by atoms with Crippen LogP contribution in [0.15, 0.2) is 84.9 Å². The number of nitriles is 2. The van der Waals surface area contributed by atoms with Crippen molar-refractivity contribution in [3.8, 4) is 35.1 Å². The van der Waals surface area contributed by atoms with Gasteiger partial charge in [0.05, 0.1) is 6.04 Å². The van der Waals surface area contributed by atoms with E-state index in [1.54, 1.807) is 98.8 Å². The molecule has 0 radical (unpaired) electrons. The summed E-state index contributed by atoms with van der Waals surface area (Å²) >= 11 is 0. The molecule has 4 aromatic carbocycles. The van der Waals surface area contributed by atoms with Crippen molar-refractivity contribution >= 4 is 62.5 Å². The number of carbonyl (C=O) groups is 3. The lowest BCUT2D eigenvalue weighted by atomic mass is 10.1. The fourth-order valence-electron chi connectivity index (χ4n) is 5.11. The third-order valence-electron chi connectivity index (χ3n) is 7.76. The predicted octanol–water partition coefficient (Wildman–Crippen LogP) is 5.58. The van der Waals surface area contributed by atoms with Gasteiger partial charge in [-0.2, -0.15) is 10.5 Å². The van der Waals surface area contributed by atoms with Gasteiger partial charge < -0.3 is 52.6 Å². The molecule has 6 aromatic rings. The number of ether oxygens (including phenoxy) is 2. The van der Waals surface area contributed by atoms with Gasteiger partial charge in [-0.1, -0.05) is 0 Å². The van der Waals surface area contributed by atoms with E-state index in [0.717, 1.165) is 11.0 Å². The zero-order valence-corrected chi connectivity index (χ0v) is 28.9. The van der Waals surface area contributed by atoms with E-state index in [1.165, 1.54) is 6.92 Å². The number of fused-ring (bicyclic) bond motifs is 2. The second-order valence-corrected chi connectivity index (χ2v) is 11.9. The van der Waals surface area contributed by atoms with E-state index in [-0.39, 0.29) is 17.7 Å². The Bertz CT molecular complexity index is 2380. The van der Waals surface area contributed by atoms with Crippen LogP contribution in [0.2, 0.25) is 0 Å². The van der Waals surface area contributed by atoms with Gasteiger partial charge in [0.2, 0.25) is 17.7 Å². The normalized spacial score (nSPS) is 11.6. The average Bonchev–Trinajstić information content (AvgIpc) is 3.62. The molecule has 2 atom stereocenters. The van der Waals surface area contributed by atoms with Gasteiger partial charge in [-0.25, -0.2) is 0 Å². The van der Waals surface area contributed by atoms with Crippen molar-refractivity contribution in [2.75, 3.05) is 22.1 Å². The molecule has 268 valence electrons. The van der Waals surface area contributed by atoms with Crippen molar-refractivity contribution in [2.24, 2.45) is 5.73 Å². The van der Waals surface area contributed by atoms with Crippen LogP contribution in [-0.4, -0.2) is 39.8 Å². The van der Waals surface area contributed by atoms with E-state index in [2.05, 4.69) is 38.1 Å². The van der Waals surface area contributed by atoms with Gasteiger partial charge in [0, 0.05) is 40.1 Å². The first kappa shape index (κ1) is 36.8. The first-order valence-electron chi connectivity index (χ1n) is 16.2. The third kappa shape index (κ3) is 9.01.